The van der Waals surface area contributed by atoms with Gasteiger partial charge < -0.3 is 9.32 Å². The number of nitrogens with one attached hydrogen (secondary N) is 2. The van der Waals surface area contributed by atoms with E-state index in [-0.39, 0.29) is 10.9 Å². The molecule has 0 saturated carbocycles. The quantitative estimate of drug-likeness (QED) is 0.721. The van der Waals surface area contributed by atoms with Crippen LogP contribution >= 0.6 is 0 Å². The number of pyridine rings is 1. The third-order valence-corrected chi connectivity index (χ3v) is 5.70. The zero-order valence-corrected chi connectivity index (χ0v) is 14.0. The second-order valence-corrected chi connectivity index (χ2v) is 7.63. The van der Waals surface area contributed by atoms with Crippen molar-refractivity contribution in [2.45, 2.75) is 17.4 Å². The lowest BCUT2D eigenvalue weighted by atomic mass is 10.3. The van der Waals surface area contributed by atoms with E-state index < -0.39 is 15.8 Å². The van der Waals surface area contributed by atoms with Gasteiger partial charge in [-0.3, -0.25) is 4.98 Å². The number of H-pyrrole nitrogens is 1. The molecule has 0 amide bonds. The van der Waals surface area contributed by atoms with Crippen LogP contribution in [0.3, 0.4) is 0 Å². The number of oxazole rings is 1. The maximum absolute atomic E-state index is 12.6. The smallest absolute Gasteiger partial charge is 0.408 e. The molecule has 1 fully saturated rings. The van der Waals surface area contributed by atoms with Crippen LogP contribution in [0.1, 0.15) is 6.42 Å². The molecule has 1 unspecified atom stereocenters. The summed E-state index contributed by atoms with van der Waals surface area (Å²) in [4.78, 5) is 20.1. The molecule has 25 heavy (non-hydrogen) atoms. The highest BCUT2D eigenvalue weighted by Gasteiger charge is 2.28. The summed E-state index contributed by atoms with van der Waals surface area (Å²) in [6.45, 7) is 1.29. The van der Waals surface area contributed by atoms with E-state index in [0.29, 0.717) is 24.1 Å². The van der Waals surface area contributed by atoms with Crippen LogP contribution < -0.4 is 15.4 Å². The van der Waals surface area contributed by atoms with Gasteiger partial charge in [0, 0.05) is 25.3 Å². The standard InChI is InChI=1S/C16H16N4O4S/c21-16-18-13-9-12(4-5-14(13)24-16)25(22,23)19-11-6-8-20(10-11)15-3-1-2-7-17-15/h1-5,7,9,11,19H,6,8,10H2,(H,18,21). The zero-order chi connectivity index (χ0) is 17.4. The molecule has 1 aliphatic rings. The Hall–Kier alpha value is -2.65. The minimum atomic E-state index is -3.69. The highest BCUT2D eigenvalue weighted by molar-refractivity contribution is 7.89. The first-order valence-electron chi connectivity index (χ1n) is 7.82. The number of anilines is 1. The van der Waals surface area contributed by atoms with Crippen molar-refractivity contribution in [3.05, 3.63) is 53.1 Å². The SMILES string of the molecule is O=c1[nH]c2cc(S(=O)(=O)NC3CCN(c4ccccn4)C3)ccc2o1. The van der Waals surface area contributed by atoms with E-state index in [1.165, 1.54) is 18.2 Å². The number of aromatic amines is 1. The molecule has 2 N–H and O–H groups in total. The normalized spacial score (nSPS) is 18.1. The van der Waals surface area contributed by atoms with Crippen LogP contribution in [0.25, 0.3) is 11.1 Å². The van der Waals surface area contributed by atoms with Crippen molar-refractivity contribution >= 4 is 26.9 Å². The average molecular weight is 360 g/mol. The van der Waals surface area contributed by atoms with Crippen LogP contribution in [-0.2, 0) is 10.0 Å². The minimum absolute atomic E-state index is 0.0911. The van der Waals surface area contributed by atoms with E-state index in [9.17, 15) is 13.2 Å². The number of nitrogens with zero attached hydrogens (tertiary/aromatic N) is 2. The topological polar surface area (TPSA) is 108 Å². The molecular formula is C16H16N4O4S. The van der Waals surface area contributed by atoms with E-state index in [1.807, 2.05) is 23.1 Å². The van der Waals surface area contributed by atoms with Crippen LogP contribution in [0.2, 0.25) is 0 Å². The molecule has 9 heteroatoms. The van der Waals surface area contributed by atoms with Gasteiger partial charge in [-0.05, 0) is 36.8 Å². The molecule has 3 aromatic rings. The first-order valence-corrected chi connectivity index (χ1v) is 9.31. The number of sulfonamides is 1. The summed E-state index contributed by atoms with van der Waals surface area (Å²) in [5.74, 6) is 0.223. The fraction of sp³-hybridized carbons (Fsp3) is 0.250. The maximum atomic E-state index is 12.6. The summed E-state index contributed by atoms with van der Waals surface area (Å²) in [5, 5.41) is 0. The van der Waals surface area contributed by atoms with E-state index in [1.54, 1.807) is 6.20 Å². The van der Waals surface area contributed by atoms with Crippen molar-refractivity contribution < 1.29 is 12.8 Å². The number of benzene rings is 1. The molecular weight excluding hydrogens is 344 g/mol. The Morgan fingerprint density at radius 1 is 1.28 bits per heavy atom. The van der Waals surface area contributed by atoms with Crippen molar-refractivity contribution in [1.82, 2.24) is 14.7 Å². The van der Waals surface area contributed by atoms with Gasteiger partial charge in [-0.15, -0.1) is 0 Å². The molecule has 130 valence electrons. The highest BCUT2D eigenvalue weighted by atomic mass is 32.2. The molecule has 3 heterocycles. The molecule has 0 radical (unpaired) electrons. The Bertz CT molecular complexity index is 1060. The highest BCUT2D eigenvalue weighted by Crippen LogP contribution is 2.20. The Morgan fingerprint density at radius 2 is 2.16 bits per heavy atom. The summed E-state index contributed by atoms with van der Waals surface area (Å²) in [6.07, 6.45) is 2.41. The van der Waals surface area contributed by atoms with Gasteiger partial charge in [0.15, 0.2) is 5.58 Å². The van der Waals surface area contributed by atoms with Crippen molar-refractivity contribution in [3.8, 4) is 0 Å². The molecule has 1 aromatic carbocycles. The largest absolute Gasteiger partial charge is 0.417 e. The Kier molecular flexibility index (Phi) is 3.81. The van der Waals surface area contributed by atoms with Crippen LogP contribution in [0, 0.1) is 0 Å². The molecule has 1 atom stereocenters. The van der Waals surface area contributed by atoms with Crippen molar-refractivity contribution in [2.24, 2.45) is 0 Å². The summed E-state index contributed by atoms with van der Waals surface area (Å²) in [5.41, 5.74) is 0.681. The van der Waals surface area contributed by atoms with Gasteiger partial charge in [-0.1, -0.05) is 6.07 Å². The van der Waals surface area contributed by atoms with Gasteiger partial charge in [-0.25, -0.2) is 22.9 Å². The first kappa shape index (κ1) is 15.9. The van der Waals surface area contributed by atoms with Crippen LogP contribution in [0.4, 0.5) is 5.82 Å². The number of fused-ring (bicyclic) bond motifs is 1. The summed E-state index contributed by atoms with van der Waals surface area (Å²) < 4.78 is 32.8. The van der Waals surface area contributed by atoms with Gasteiger partial charge in [-0.2, -0.15) is 0 Å². The van der Waals surface area contributed by atoms with Crippen LogP contribution in [0.5, 0.6) is 0 Å². The summed E-state index contributed by atoms with van der Waals surface area (Å²) in [6, 6.07) is 9.74. The van der Waals surface area contributed by atoms with Gasteiger partial charge in [0.2, 0.25) is 10.0 Å². The van der Waals surface area contributed by atoms with E-state index >= 15 is 0 Å². The lowest BCUT2D eigenvalue weighted by molar-refractivity contribution is 0.555. The van der Waals surface area contributed by atoms with E-state index in [4.69, 9.17) is 4.42 Å². The maximum Gasteiger partial charge on any atom is 0.417 e. The Morgan fingerprint density at radius 3 is 2.96 bits per heavy atom. The second kappa shape index (κ2) is 6.01. The van der Waals surface area contributed by atoms with E-state index in [2.05, 4.69) is 14.7 Å². The fourth-order valence-electron chi connectivity index (χ4n) is 2.99. The molecule has 4 rings (SSSR count). The summed E-state index contributed by atoms with van der Waals surface area (Å²) >= 11 is 0. The molecule has 1 aliphatic heterocycles. The number of hydrogen-bond donors (Lipinski definition) is 2. The average Bonchev–Trinajstić information content (AvgIpc) is 3.20. The second-order valence-electron chi connectivity index (χ2n) is 5.91. The number of rotatable bonds is 4. The van der Waals surface area contributed by atoms with Crippen molar-refractivity contribution in [3.63, 3.8) is 0 Å². The summed E-state index contributed by atoms with van der Waals surface area (Å²) in [7, 11) is -3.69. The third kappa shape index (κ3) is 3.15. The monoisotopic (exact) mass is 360 g/mol. The van der Waals surface area contributed by atoms with Gasteiger partial charge in [0.1, 0.15) is 5.82 Å². The van der Waals surface area contributed by atoms with Crippen LogP contribution in [-0.4, -0.2) is 37.5 Å². The van der Waals surface area contributed by atoms with Gasteiger partial charge >= 0.3 is 5.76 Å². The van der Waals surface area contributed by atoms with Crippen molar-refractivity contribution in [2.75, 3.05) is 18.0 Å². The van der Waals surface area contributed by atoms with Gasteiger partial charge in [0.05, 0.1) is 10.4 Å². The molecule has 0 aliphatic carbocycles. The molecule has 8 nitrogen and oxygen atoms in total. The lowest BCUT2D eigenvalue weighted by Gasteiger charge is -2.17. The molecule has 0 bridgehead atoms. The zero-order valence-electron chi connectivity index (χ0n) is 13.2. The fourth-order valence-corrected chi connectivity index (χ4v) is 4.28. The first-order chi connectivity index (χ1) is 12.0. The predicted octanol–water partition coefficient (Wildman–Crippen LogP) is 1.07. The van der Waals surface area contributed by atoms with Gasteiger partial charge in [0.25, 0.3) is 0 Å². The molecule has 1 saturated heterocycles. The van der Waals surface area contributed by atoms with Crippen molar-refractivity contribution in [1.29, 1.82) is 0 Å². The minimum Gasteiger partial charge on any atom is -0.408 e. The Labute approximate surface area is 143 Å². The van der Waals surface area contributed by atoms with Crippen LogP contribution in [0.15, 0.2) is 56.7 Å². The Balaban J connectivity index is 1.52. The predicted molar refractivity (Wildman–Crippen MR) is 92.0 cm³/mol. The third-order valence-electron chi connectivity index (χ3n) is 4.18. The van der Waals surface area contributed by atoms with E-state index in [0.717, 1.165) is 12.4 Å². The molecule has 2 aromatic heterocycles. The molecule has 0 spiro atoms. The lowest BCUT2D eigenvalue weighted by Crippen LogP contribution is -2.37. The number of hydrogen-bond acceptors (Lipinski definition) is 6. The number of aromatic nitrogens is 2.